The van der Waals surface area contributed by atoms with E-state index >= 15 is 0 Å². The third kappa shape index (κ3) is 2.90. The summed E-state index contributed by atoms with van der Waals surface area (Å²) in [5, 5.41) is 9.55. The Morgan fingerprint density at radius 3 is 2.17 bits per heavy atom. The highest BCUT2D eigenvalue weighted by molar-refractivity contribution is 5.95. The fourth-order valence-electron chi connectivity index (χ4n) is 3.05. The van der Waals surface area contributed by atoms with Crippen LogP contribution in [-0.4, -0.2) is 15.6 Å². The van der Waals surface area contributed by atoms with Gasteiger partial charge < -0.3 is 9.67 Å². The standard InChI is InChI=1S/C20H19NO2/c1-2-18(15-9-5-3-6-10-15)21-14-13-17(20(22)23)19(21)16-11-7-4-8-12-16/h3-14,18H,2H2,1H3,(H,22,23). The molecular formula is C20H19NO2. The van der Waals surface area contributed by atoms with Gasteiger partial charge in [0.1, 0.15) is 0 Å². The zero-order valence-electron chi connectivity index (χ0n) is 13.0. The molecular weight excluding hydrogens is 286 g/mol. The van der Waals surface area contributed by atoms with E-state index in [2.05, 4.69) is 23.6 Å². The molecule has 116 valence electrons. The van der Waals surface area contributed by atoms with Crippen LogP contribution in [0.15, 0.2) is 72.9 Å². The number of carbonyl (C=O) groups is 1. The van der Waals surface area contributed by atoms with Crippen LogP contribution in [0.2, 0.25) is 0 Å². The third-order valence-corrected chi connectivity index (χ3v) is 4.10. The molecule has 0 aliphatic carbocycles. The van der Waals surface area contributed by atoms with E-state index in [4.69, 9.17) is 0 Å². The molecule has 0 fully saturated rings. The molecule has 0 spiro atoms. The minimum atomic E-state index is -0.898. The van der Waals surface area contributed by atoms with Gasteiger partial charge in [0.2, 0.25) is 0 Å². The number of rotatable bonds is 5. The van der Waals surface area contributed by atoms with Gasteiger partial charge in [0.25, 0.3) is 0 Å². The highest BCUT2D eigenvalue weighted by atomic mass is 16.4. The summed E-state index contributed by atoms with van der Waals surface area (Å²) in [6.45, 7) is 2.12. The molecule has 0 saturated carbocycles. The maximum Gasteiger partial charge on any atom is 0.337 e. The van der Waals surface area contributed by atoms with Gasteiger partial charge in [0.05, 0.1) is 17.3 Å². The van der Waals surface area contributed by atoms with E-state index in [1.807, 2.05) is 54.7 Å². The number of aromatic carboxylic acids is 1. The lowest BCUT2D eigenvalue weighted by molar-refractivity contribution is 0.0697. The van der Waals surface area contributed by atoms with Crippen molar-refractivity contribution in [2.45, 2.75) is 19.4 Å². The molecule has 0 amide bonds. The van der Waals surface area contributed by atoms with Gasteiger partial charge in [-0.1, -0.05) is 67.6 Å². The number of nitrogens with zero attached hydrogens (tertiary/aromatic N) is 1. The van der Waals surface area contributed by atoms with Crippen molar-refractivity contribution in [2.24, 2.45) is 0 Å². The van der Waals surface area contributed by atoms with Crippen molar-refractivity contribution in [3.05, 3.63) is 84.1 Å². The molecule has 3 nitrogen and oxygen atoms in total. The lowest BCUT2D eigenvalue weighted by Crippen LogP contribution is -2.11. The quantitative estimate of drug-likeness (QED) is 0.732. The molecule has 3 aromatic rings. The van der Waals surface area contributed by atoms with Crippen LogP contribution in [0.25, 0.3) is 11.3 Å². The Balaban J connectivity index is 2.18. The normalized spacial score (nSPS) is 12.0. The van der Waals surface area contributed by atoms with E-state index in [-0.39, 0.29) is 6.04 Å². The van der Waals surface area contributed by atoms with Gasteiger partial charge in [0, 0.05) is 6.20 Å². The fourth-order valence-corrected chi connectivity index (χ4v) is 3.05. The average molecular weight is 305 g/mol. The van der Waals surface area contributed by atoms with Gasteiger partial charge >= 0.3 is 5.97 Å². The van der Waals surface area contributed by atoms with Gasteiger partial charge in [-0.3, -0.25) is 0 Å². The topological polar surface area (TPSA) is 42.2 Å². The Hall–Kier alpha value is -2.81. The van der Waals surface area contributed by atoms with Crippen molar-refractivity contribution >= 4 is 5.97 Å². The highest BCUT2D eigenvalue weighted by Crippen LogP contribution is 2.32. The van der Waals surface area contributed by atoms with Crippen LogP contribution in [0.3, 0.4) is 0 Å². The van der Waals surface area contributed by atoms with Gasteiger partial charge in [0.15, 0.2) is 0 Å². The second-order valence-corrected chi connectivity index (χ2v) is 5.49. The zero-order valence-corrected chi connectivity index (χ0v) is 13.0. The fraction of sp³-hybridized carbons (Fsp3) is 0.150. The van der Waals surface area contributed by atoms with Crippen LogP contribution < -0.4 is 0 Å². The van der Waals surface area contributed by atoms with Gasteiger partial charge in [-0.25, -0.2) is 4.79 Å². The van der Waals surface area contributed by atoms with E-state index in [1.165, 1.54) is 5.56 Å². The van der Waals surface area contributed by atoms with Crippen molar-refractivity contribution in [3.63, 3.8) is 0 Å². The van der Waals surface area contributed by atoms with Gasteiger partial charge in [-0.2, -0.15) is 0 Å². The van der Waals surface area contributed by atoms with Crippen LogP contribution >= 0.6 is 0 Å². The first-order chi connectivity index (χ1) is 11.2. The number of benzene rings is 2. The lowest BCUT2D eigenvalue weighted by atomic mass is 10.0. The van der Waals surface area contributed by atoms with E-state index in [0.29, 0.717) is 5.56 Å². The Bertz CT molecular complexity index is 791. The summed E-state index contributed by atoms with van der Waals surface area (Å²) in [4.78, 5) is 11.6. The maximum atomic E-state index is 11.6. The van der Waals surface area contributed by atoms with E-state index in [0.717, 1.165) is 17.7 Å². The van der Waals surface area contributed by atoms with Crippen molar-refractivity contribution in [1.29, 1.82) is 0 Å². The predicted molar refractivity (Wildman–Crippen MR) is 91.7 cm³/mol. The first-order valence-electron chi connectivity index (χ1n) is 7.77. The van der Waals surface area contributed by atoms with Crippen LogP contribution in [0.5, 0.6) is 0 Å². The van der Waals surface area contributed by atoms with Crippen LogP contribution in [0.1, 0.15) is 35.3 Å². The van der Waals surface area contributed by atoms with Gasteiger partial charge in [-0.05, 0) is 23.6 Å². The summed E-state index contributed by atoms with van der Waals surface area (Å²) in [5.74, 6) is -0.898. The van der Waals surface area contributed by atoms with Crippen molar-refractivity contribution in [1.82, 2.24) is 4.57 Å². The number of hydrogen-bond acceptors (Lipinski definition) is 1. The minimum absolute atomic E-state index is 0.111. The molecule has 1 unspecified atom stereocenters. The Labute approximate surface area is 135 Å². The summed E-state index contributed by atoms with van der Waals surface area (Å²) in [6.07, 6.45) is 2.77. The van der Waals surface area contributed by atoms with Gasteiger partial charge in [-0.15, -0.1) is 0 Å². The summed E-state index contributed by atoms with van der Waals surface area (Å²) in [6, 6.07) is 21.7. The van der Waals surface area contributed by atoms with Crippen LogP contribution in [0, 0.1) is 0 Å². The molecule has 1 heterocycles. The Morgan fingerprint density at radius 1 is 1.00 bits per heavy atom. The predicted octanol–water partition coefficient (Wildman–Crippen LogP) is 4.85. The number of hydrogen-bond donors (Lipinski definition) is 1. The first kappa shape index (κ1) is 15.1. The molecule has 0 bridgehead atoms. The summed E-state index contributed by atoms with van der Waals surface area (Å²) < 4.78 is 2.08. The lowest BCUT2D eigenvalue weighted by Gasteiger charge is -2.21. The molecule has 1 atom stereocenters. The highest BCUT2D eigenvalue weighted by Gasteiger charge is 2.21. The maximum absolute atomic E-state index is 11.6. The summed E-state index contributed by atoms with van der Waals surface area (Å²) in [7, 11) is 0. The molecule has 1 N–H and O–H groups in total. The first-order valence-corrected chi connectivity index (χ1v) is 7.77. The molecule has 0 aliphatic rings. The van der Waals surface area contributed by atoms with E-state index in [1.54, 1.807) is 6.07 Å². The van der Waals surface area contributed by atoms with Crippen molar-refractivity contribution in [2.75, 3.05) is 0 Å². The zero-order chi connectivity index (χ0) is 16.2. The number of carboxylic acids is 1. The summed E-state index contributed by atoms with van der Waals surface area (Å²) in [5.41, 5.74) is 3.20. The van der Waals surface area contributed by atoms with Crippen molar-refractivity contribution in [3.8, 4) is 11.3 Å². The monoisotopic (exact) mass is 305 g/mol. The molecule has 23 heavy (non-hydrogen) atoms. The molecule has 0 saturated heterocycles. The molecule has 2 aromatic carbocycles. The number of aromatic nitrogens is 1. The molecule has 0 aliphatic heterocycles. The minimum Gasteiger partial charge on any atom is -0.478 e. The number of carboxylic acid groups (broad SMARTS) is 1. The smallest absolute Gasteiger partial charge is 0.337 e. The SMILES string of the molecule is CCC(c1ccccc1)n1ccc(C(=O)O)c1-c1ccccc1. The van der Waals surface area contributed by atoms with E-state index in [9.17, 15) is 9.90 Å². The largest absolute Gasteiger partial charge is 0.478 e. The van der Waals surface area contributed by atoms with Crippen molar-refractivity contribution < 1.29 is 9.90 Å². The molecule has 3 heteroatoms. The molecule has 0 radical (unpaired) electrons. The van der Waals surface area contributed by atoms with E-state index < -0.39 is 5.97 Å². The second kappa shape index (κ2) is 6.53. The third-order valence-electron chi connectivity index (χ3n) is 4.10. The summed E-state index contributed by atoms with van der Waals surface area (Å²) >= 11 is 0. The second-order valence-electron chi connectivity index (χ2n) is 5.49. The van der Waals surface area contributed by atoms with Crippen LogP contribution in [-0.2, 0) is 0 Å². The Kier molecular flexibility index (Phi) is 4.29. The Morgan fingerprint density at radius 2 is 1.61 bits per heavy atom. The molecule has 1 aromatic heterocycles. The average Bonchev–Trinajstić information content (AvgIpc) is 3.02. The molecule has 3 rings (SSSR count). The van der Waals surface area contributed by atoms with Crippen LogP contribution in [0.4, 0.5) is 0 Å².